The summed E-state index contributed by atoms with van der Waals surface area (Å²) in [5.74, 6) is 0.301. The van der Waals surface area contributed by atoms with Crippen molar-refractivity contribution >= 4 is 17.7 Å². The molecule has 35 heavy (non-hydrogen) atoms. The fraction of sp³-hybridized carbons (Fsp3) is 0.828. The summed E-state index contributed by atoms with van der Waals surface area (Å²) in [7, 11) is 0. The highest BCUT2D eigenvalue weighted by molar-refractivity contribution is 5.93. The Balaban J connectivity index is 1.63. The molecule has 0 aromatic heterocycles. The van der Waals surface area contributed by atoms with E-state index in [1.807, 2.05) is 6.92 Å². The zero-order valence-corrected chi connectivity index (χ0v) is 22.1. The molecule has 196 valence electrons. The van der Waals surface area contributed by atoms with E-state index in [0.29, 0.717) is 24.7 Å². The molecule has 6 heteroatoms. The first-order valence-electron chi connectivity index (χ1n) is 13.9. The predicted octanol–water partition coefficient (Wildman–Crippen LogP) is 5.30. The molecule has 0 amide bonds. The van der Waals surface area contributed by atoms with Gasteiger partial charge in [-0.25, -0.2) is 0 Å². The first-order valence-corrected chi connectivity index (χ1v) is 13.9. The van der Waals surface area contributed by atoms with Crippen LogP contribution in [-0.4, -0.2) is 41.1 Å². The van der Waals surface area contributed by atoms with Crippen LogP contribution in [0.25, 0.3) is 0 Å². The van der Waals surface area contributed by atoms with Crippen LogP contribution in [0.2, 0.25) is 0 Å². The molecule has 0 aromatic rings. The second-order valence-corrected chi connectivity index (χ2v) is 12.0. The smallest absolute Gasteiger partial charge is 0.306 e. The van der Waals surface area contributed by atoms with E-state index in [0.717, 1.165) is 57.8 Å². The lowest BCUT2D eigenvalue weighted by Gasteiger charge is -2.59. The van der Waals surface area contributed by atoms with Crippen LogP contribution in [0.4, 0.5) is 0 Å². The number of unbranched alkanes of at least 4 members (excludes halogenated alkanes) is 1. The summed E-state index contributed by atoms with van der Waals surface area (Å²) >= 11 is 0. The molecule has 4 aliphatic carbocycles. The lowest BCUT2D eigenvalue weighted by atomic mass is 9.46. The number of Topliss-reactive ketones (excluding diaryl/α,β-unsaturated/α-hetero) is 1. The molecule has 0 heterocycles. The summed E-state index contributed by atoms with van der Waals surface area (Å²) in [6, 6.07) is 0. The Morgan fingerprint density at radius 3 is 2.46 bits per heavy atom. The minimum absolute atomic E-state index is 0.104. The van der Waals surface area contributed by atoms with Crippen molar-refractivity contribution in [2.45, 2.75) is 116 Å². The molecule has 0 aliphatic heterocycles. The molecule has 0 saturated heterocycles. The minimum atomic E-state index is -1.22. The van der Waals surface area contributed by atoms with Crippen molar-refractivity contribution in [3.63, 3.8) is 0 Å². The Labute approximate surface area is 210 Å². The number of esters is 2. The SMILES string of the molecule is CCCCC(=O)O[C@]1(C(=O)COC(=O)CC)CC[C@H]2[C@@H]3CCC4=CC(O)CC[C@]4(C)[C@H]3CC[C@@]21C. The van der Waals surface area contributed by atoms with Gasteiger partial charge in [0.15, 0.2) is 12.2 Å². The molecule has 0 bridgehead atoms. The van der Waals surface area contributed by atoms with E-state index in [1.165, 1.54) is 5.57 Å². The summed E-state index contributed by atoms with van der Waals surface area (Å²) < 4.78 is 11.5. The topological polar surface area (TPSA) is 89.9 Å². The van der Waals surface area contributed by atoms with Gasteiger partial charge in [-0.2, -0.15) is 0 Å². The van der Waals surface area contributed by atoms with Crippen LogP contribution in [-0.2, 0) is 23.9 Å². The number of hydrogen-bond acceptors (Lipinski definition) is 6. The summed E-state index contributed by atoms with van der Waals surface area (Å²) in [5.41, 5.74) is -0.162. The number of hydrogen-bond donors (Lipinski definition) is 1. The Hall–Kier alpha value is -1.69. The number of fused-ring (bicyclic) bond motifs is 5. The van der Waals surface area contributed by atoms with E-state index in [2.05, 4.69) is 19.9 Å². The Morgan fingerprint density at radius 1 is 1.00 bits per heavy atom. The molecule has 1 unspecified atom stereocenters. The predicted molar refractivity (Wildman–Crippen MR) is 132 cm³/mol. The molecule has 0 aromatic carbocycles. The van der Waals surface area contributed by atoms with Gasteiger partial charge in [-0.1, -0.05) is 45.8 Å². The number of rotatable bonds is 8. The highest BCUT2D eigenvalue weighted by atomic mass is 16.6. The molecule has 0 radical (unpaired) electrons. The van der Waals surface area contributed by atoms with Crippen molar-refractivity contribution < 1.29 is 29.0 Å². The Morgan fingerprint density at radius 2 is 1.74 bits per heavy atom. The molecule has 4 rings (SSSR count). The van der Waals surface area contributed by atoms with Gasteiger partial charge >= 0.3 is 11.9 Å². The van der Waals surface area contributed by atoms with Gasteiger partial charge in [0.25, 0.3) is 0 Å². The standard InChI is InChI=1S/C29H44O6/c1-5-7-8-26(33)35-29(24(31)18-34-25(32)6-2)16-13-23-21-10-9-19-17-20(30)11-14-27(19,3)22(21)12-15-28(23,29)4/h17,20-23,30H,5-16,18H2,1-4H3/t20?,21-,22+,23+,27+,28+,29+/m1/s1. The zero-order valence-electron chi connectivity index (χ0n) is 22.1. The first-order chi connectivity index (χ1) is 16.6. The van der Waals surface area contributed by atoms with Gasteiger partial charge in [0.1, 0.15) is 0 Å². The van der Waals surface area contributed by atoms with Crippen molar-refractivity contribution in [2.24, 2.45) is 28.6 Å². The van der Waals surface area contributed by atoms with Crippen molar-refractivity contribution in [1.82, 2.24) is 0 Å². The summed E-state index contributed by atoms with van der Waals surface area (Å²) in [6.45, 7) is 7.95. The monoisotopic (exact) mass is 488 g/mol. The van der Waals surface area contributed by atoms with Crippen LogP contribution in [0.5, 0.6) is 0 Å². The zero-order chi connectivity index (χ0) is 25.4. The molecule has 3 fully saturated rings. The van der Waals surface area contributed by atoms with E-state index in [-0.39, 0.29) is 42.2 Å². The van der Waals surface area contributed by atoms with Gasteiger partial charge in [0.05, 0.1) is 6.10 Å². The molecular formula is C29H44O6. The number of ketones is 1. The van der Waals surface area contributed by atoms with Gasteiger partial charge in [0.2, 0.25) is 5.78 Å². The maximum Gasteiger partial charge on any atom is 0.306 e. The molecule has 6 nitrogen and oxygen atoms in total. The van der Waals surface area contributed by atoms with Crippen LogP contribution in [0.1, 0.15) is 105 Å². The van der Waals surface area contributed by atoms with Crippen LogP contribution in [0.15, 0.2) is 11.6 Å². The average Bonchev–Trinajstić information content (AvgIpc) is 3.14. The molecule has 4 aliphatic rings. The molecule has 7 atom stereocenters. The number of ether oxygens (including phenoxy) is 2. The molecule has 0 spiro atoms. The van der Waals surface area contributed by atoms with E-state index in [4.69, 9.17) is 9.47 Å². The van der Waals surface area contributed by atoms with E-state index < -0.39 is 17.0 Å². The Bertz CT molecular complexity index is 878. The molecular weight excluding hydrogens is 444 g/mol. The van der Waals surface area contributed by atoms with Gasteiger partial charge < -0.3 is 14.6 Å². The van der Waals surface area contributed by atoms with E-state index in [1.54, 1.807) is 6.92 Å². The highest BCUT2D eigenvalue weighted by Gasteiger charge is 2.68. The minimum Gasteiger partial charge on any atom is -0.457 e. The third kappa shape index (κ3) is 4.38. The van der Waals surface area contributed by atoms with Gasteiger partial charge in [-0.3, -0.25) is 14.4 Å². The van der Waals surface area contributed by atoms with Crippen molar-refractivity contribution in [1.29, 1.82) is 0 Å². The second-order valence-electron chi connectivity index (χ2n) is 12.0. The first kappa shape index (κ1) is 26.4. The lowest BCUT2D eigenvalue weighted by molar-refractivity contribution is -0.192. The van der Waals surface area contributed by atoms with Crippen LogP contribution in [0, 0.1) is 28.6 Å². The average molecular weight is 489 g/mol. The number of carbonyl (C=O) groups is 3. The van der Waals surface area contributed by atoms with Crippen LogP contribution in [0.3, 0.4) is 0 Å². The highest BCUT2D eigenvalue weighted by Crippen LogP contribution is 2.68. The molecule has 3 saturated carbocycles. The van der Waals surface area contributed by atoms with Gasteiger partial charge in [0, 0.05) is 18.3 Å². The summed E-state index contributed by atoms with van der Waals surface area (Å²) in [5, 5.41) is 10.2. The summed E-state index contributed by atoms with van der Waals surface area (Å²) in [4.78, 5) is 38.5. The third-order valence-corrected chi connectivity index (χ3v) is 10.3. The Kier molecular flexibility index (Phi) is 7.53. The number of allylic oxidation sites excluding steroid dienone is 1. The van der Waals surface area contributed by atoms with Gasteiger partial charge in [-0.15, -0.1) is 0 Å². The normalized spacial score (nSPS) is 40.1. The van der Waals surface area contributed by atoms with Crippen LogP contribution < -0.4 is 0 Å². The summed E-state index contributed by atoms with van der Waals surface area (Å²) in [6.07, 6.45) is 10.9. The van der Waals surface area contributed by atoms with E-state index in [9.17, 15) is 19.5 Å². The molecule has 1 N–H and O–H groups in total. The van der Waals surface area contributed by atoms with Gasteiger partial charge in [-0.05, 0) is 81.0 Å². The fourth-order valence-electron chi connectivity index (χ4n) is 8.32. The maximum atomic E-state index is 13.8. The largest absolute Gasteiger partial charge is 0.457 e. The van der Waals surface area contributed by atoms with E-state index >= 15 is 0 Å². The number of aliphatic hydroxyl groups excluding tert-OH is 1. The number of carbonyl (C=O) groups excluding carboxylic acids is 3. The second kappa shape index (κ2) is 9.99. The van der Waals surface area contributed by atoms with Crippen molar-refractivity contribution in [2.75, 3.05) is 6.61 Å². The maximum absolute atomic E-state index is 13.8. The fourth-order valence-corrected chi connectivity index (χ4v) is 8.32. The lowest BCUT2D eigenvalue weighted by Crippen LogP contribution is -2.60. The third-order valence-electron chi connectivity index (χ3n) is 10.3. The quantitative estimate of drug-likeness (QED) is 0.368. The van der Waals surface area contributed by atoms with Crippen LogP contribution >= 0.6 is 0 Å². The number of aliphatic hydroxyl groups is 1. The van der Waals surface area contributed by atoms with Crippen molar-refractivity contribution in [3.8, 4) is 0 Å². The van der Waals surface area contributed by atoms with Crippen molar-refractivity contribution in [3.05, 3.63) is 11.6 Å².